The Hall–Kier alpha value is -2.54. The molecule has 6 nitrogen and oxygen atoms in total. The largest absolute Gasteiger partial charge is 0.484 e. The Morgan fingerprint density at radius 1 is 1.03 bits per heavy atom. The van der Waals surface area contributed by atoms with E-state index < -0.39 is 9.84 Å². The van der Waals surface area contributed by atoms with Gasteiger partial charge in [0.25, 0.3) is 5.91 Å². The van der Waals surface area contributed by atoms with Crippen LogP contribution in [0.5, 0.6) is 5.75 Å². The molecule has 7 heteroatoms. The fourth-order valence-corrected chi connectivity index (χ4v) is 6.01. The monoisotopic (exact) mass is 458 g/mol. The summed E-state index contributed by atoms with van der Waals surface area (Å²) in [6.07, 6.45) is 0.467. The minimum absolute atomic E-state index is 0.0137. The lowest BCUT2D eigenvalue weighted by Gasteiger charge is -2.29. The molecule has 1 aliphatic rings. The number of hydrogen-bond acceptors (Lipinski definition) is 5. The minimum atomic E-state index is -3.11. The van der Waals surface area contributed by atoms with E-state index in [1.54, 1.807) is 4.90 Å². The van der Waals surface area contributed by atoms with Crippen molar-refractivity contribution in [1.29, 1.82) is 0 Å². The van der Waals surface area contributed by atoms with Crippen molar-refractivity contribution in [1.82, 2.24) is 4.90 Å². The second kappa shape index (κ2) is 10.4. The van der Waals surface area contributed by atoms with Gasteiger partial charge in [-0.05, 0) is 75.1 Å². The SMILES string of the molecule is CCN(CC)c1ccc(CN(C(=O)COc2cc(C)cc(C)c2)C2CCS(=O)(=O)C2)cc1. The third-order valence-corrected chi connectivity index (χ3v) is 7.70. The molecule has 0 bridgehead atoms. The predicted octanol–water partition coefficient (Wildman–Crippen LogP) is 3.74. The van der Waals surface area contributed by atoms with Gasteiger partial charge in [-0.15, -0.1) is 0 Å². The van der Waals surface area contributed by atoms with Gasteiger partial charge in [-0.25, -0.2) is 8.42 Å². The Bertz CT molecular complexity index is 1010. The standard InChI is InChI=1S/C25H34N2O4S/c1-5-26(6-2)22-9-7-21(8-10-22)16-27(23-11-12-32(29,30)18-23)25(28)17-31-24-14-19(3)13-20(4)15-24/h7-10,13-15,23H,5-6,11-12,16-18H2,1-4H3. The Morgan fingerprint density at radius 3 is 2.19 bits per heavy atom. The third kappa shape index (κ3) is 6.25. The molecule has 1 aliphatic heterocycles. The van der Waals surface area contributed by atoms with Crippen LogP contribution in [-0.2, 0) is 21.2 Å². The highest BCUT2D eigenvalue weighted by Crippen LogP contribution is 2.23. The molecular formula is C25H34N2O4S. The highest BCUT2D eigenvalue weighted by atomic mass is 32.2. The quantitative estimate of drug-likeness (QED) is 0.573. The first-order chi connectivity index (χ1) is 15.2. The number of carbonyl (C=O) groups is 1. The number of ether oxygens (including phenoxy) is 1. The van der Waals surface area contributed by atoms with Gasteiger partial charge in [-0.3, -0.25) is 4.79 Å². The second-order valence-electron chi connectivity index (χ2n) is 8.53. The van der Waals surface area contributed by atoms with Gasteiger partial charge in [-0.2, -0.15) is 0 Å². The fraction of sp³-hybridized carbons (Fsp3) is 0.480. The Kier molecular flexibility index (Phi) is 7.82. The Balaban J connectivity index is 1.75. The second-order valence-corrected chi connectivity index (χ2v) is 10.8. The van der Waals surface area contributed by atoms with Crippen LogP contribution in [0.4, 0.5) is 5.69 Å². The first-order valence-electron chi connectivity index (χ1n) is 11.3. The summed E-state index contributed by atoms with van der Waals surface area (Å²) in [5.74, 6) is 0.595. The first kappa shape index (κ1) is 24.1. The van der Waals surface area contributed by atoms with Gasteiger partial charge in [0.1, 0.15) is 5.75 Å². The van der Waals surface area contributed by atoms with E-state index in [2.05, 4.69) is 30.9 Å². The summed E-state index contributed by atoms with van der Waals surface area (Å²) in [7, 11) is -3.11. The average molecular weight is 459 g/mol. The maximum absolute atomic E-state index is 13.2. The van der Waals surface area contributed by atoms with E-state index >= 15 is 0 Å². The van der Waals surface area contributed by atoms with Crippen molar-refractivity contribution < 1.29 is 17.9 Å². The van der Waals surface area contributed by atoms with Crippen LogP contribution in [0.15, 0.2) is 42.5 Å². The molecule has 3 rings (SSSR count). The Labute approximate surface area is 192 Å². The number of benzene rings is 2. The maximum Gasteiger partial charge on any atom is 0.261 e. The molecule has 0 aliphatic carbocycles. The van der Waals surface area contributed by atoms with Crippen LogP contribution in [0.2, 0.25) is 0 Å². The van der Waals surface area contributed by atoms with Crippen molar-refractivity contribution in [3.05, 3.63) is 59.2 Å². The van der Waals surface area contributed by atoms with E-state index in [9.17, 15) is 13.2 Å². The van der Waals surface area contributed by atoms with Crippen molar-refractivity contribution in [3.63, 3.8) is 0 Å². The van der Waals surface area contributed by atoms with Crippen LogP contribution in [0.3, 0.4) is 0 Å². The topological polar surface area (TPSA) is 66.9 Å². The van der Waals surface area contributed by atoms with Gasteiger partial charge in [0.2, 0.25) is 0 Å². The number of nitrogens with zero attached hydrogens (tertiary/aromatic N) is 2. The molecule has 1 saturated heterocycles. The molecule has 2 aromatic rings. The van der Waals surface area contributed by atoms with Crippen LogP contribution < -0.4 is 9.64 Å². The minimum Gasteiger partial charge on any atom is -0.484 e. The number of carbonyl (C=O) groups excluding carboxylic acids is 1. The zero-order valence-corrected chi connectivity index (χ0v) is 20.3. The maximum atomic E-state index is 13.2. The van der Waals surface area contributed by atoms with Crippen LogP contribution in [-0.4, -0.2) is 56.5 Å². The van der Waals surface area contributed by atoms with E-state index in [1.165, 1.54) is 0 Å². The third-order valence-electron chi connectivity index (χ3n) is 5.94. The molecule has 1 atom stereocenters. The first-order valence-corrected chi connectivity index (χ1v) is 13.1. The van der Waals surface area contributed by atoms with Crippen LogP contribution in [0, 0.1) is 13.8 Å². The predicted molar refractivity (Wildman–Crippen MR) is 129 cm³/mol. The van der Waals surface area contributed by atoms with E-state index in [-0.39, 0.29) is 30.1 Å². The van der Waals surface area contributed by atoms with E-state index in [0.29, 0.717) is 18.7 Å². The fourth-order valence-electron chi connectivity index (χ4n) is 4.28. The van der Waals surface area contributed by atoms with Crippen molar-refractivity contribution >= 4 is 21.4 Å². The zero-order chi connectivity index (χ0) is 23.3. The average Bonchev–Trinajstić information content (AvgIpc) is 3.11. The summed E-state index contributed by atoms with van der Waals surface area (Å²) in [6, 6.07) is 13.7. The number of anilines is 1. The highest BCUT2D eigenvalue weighted by molar-refractivity contribution is 7.91. The molecule has 0 N–H and O–H groups in total. The molecular weight excluding hydrogens is 424 g/mol. The normalized spacial score (nSPS) is 17.2. The van der Waals surface area contributed by atoms with E-state index in [0.717, 1.165) is 35.5 Å². The molecule has 1 fully saturated rings. The van der Waals surface area contributed by atoms with Crippen LogP contribution in [0.25, 0.3) is 0 Å². The lowest BCUT2D eigenvalue weighted by Crippen LogP contribution is -2.43. The zero-order valence-electron chi connectivity index (χ0n) is 19.5. The molecule has 1 amide bonds. The molecule has 1 unspecified atom stereocenters. The van der Waals surface area contributed by atoms with Crippen molar-refractivity contribution in [3.8, 4) is 5.75 Å². The highest BCUT2D eigenvalue weighted by Gasteiger charge is 2.34. The molecule has 0 aromatic heterocycles. The lowest BCUT2D eigenvalue weighted by molar-refractivity contribution is -0.136. The summed E-state index contributed by atoms with van der Waals surface area (Å²) < 4.78 is 30.0. The molecule has 0 radical (unpaired) electrons. The van der Waals surface area contributed by atoms with Gasteiger partial charge in [0.05, 0.1) is 11.5 Å². The molecule has 1 heterocycles. The number of aryl methyl sites for hydroxylation is 2. The summed E-state index contributed by atoms with van der Waals surface area (Å²) >= 11 is 0. The van der Waals surface area contributed by atoms with Gasteiger partial charge in [0.15, 0.2) is 16.4 Å². The Morgan fingerprint density at radius 2 is 1.66 bits per heavy atom. The van der Waals surface area contributed by atoms with Crippen molar-refractivity contribution in [2.45, 2.75) is 46.7 Å². The summed E-state index contributed by atoms with van der Waals surface area (Å²) in [5.41, 5.74) is 4.25. The van der Waals surface area contributed by atoms with Crippen molar-refractivity contribution in [2.75, 3.05) is 36.1 Å². The van der Waals surface area contributed by atoms with E-state index in [1.807, 2.05) is 44.2 Å². The number of sulfone groups is 1. The molecule has 2 aromatic carbocycles. The summed E-state index contributed by atoms with van der Waals surface area (Å²) in [5, 5.41) is 0. The van der Waals surface area contributed by atoms with Crippen LogP contribution >= 0.6 is 0 Å². The molecule has 32 heavy (non-hydrogen) atoms. The van der Waals surface area contributed by atoms with Crippen molar-refractivity contribution in [2.24, 2.45) is 0 Å². The number of amides is 1. The van der Waals surface area contributed by atoms with Gasteiger partial charge in [-0.1, -0.05) is 18.2 Å². The molecule has 0 spiro atoms. The lowest BCUT2D eigenvalue weighted by atomic mass is 10.1. The number of hydrogen-bond donors (Lipinski definition) is 0. The van der Waals surface area contributed by atoms with Crippen LogP contribution in [0.1, 0.15) is 37.0 Å². The smallest absolute Gasteiger partial charge is 0.261 e. The van der Waals surface area contributed by atoms with Gasteiger partial charge < -0.3 is 14.5 Å². The molecule has 174 valence electrons. The van der Waals surface area contributed by atoms with Gasteiger partial charge in [0, 0.05) is 31.4 Å². The summed E-state index contributed by atoms with van der Waals surface area (Å²) in [6.45, 7) is 10.3. The van der Waals surface area contributed by atoms with E-state index in [4.69, 9.17) is 4.74 Å². The molecule has 0 saturated carbocycles. The number of rotatable bonds is 9. The van der Waals surface area contributed by atoms with Gasteiger partial charge >= 0.3 is 0 Å². The summed E-state index contributed by atoms with van der Waals surface area (Å²) in [4.78, 5) is 17.1.